The molecular weight excluding hydrogens is 207 g/mol. The fraction of sp³-hybridized carbons (Fsp3) is 1.00. The molecular formula is C12H25O2P. The van der Waals surface area contributed by atoms with Gasteiger partial charge in [0, 0.05) is 12.3 Å². The van der Waals surface area contributed by atoms with Gasteiger partial charge in [0.05, 0.1) is 6.10 Å². The van der Waals surface area contributed by atoms with Crippen LogP contribution in [0.3, 0.4) is 0 Å². The maximum atomic E-state index is 12.5. The quantitative estimate of drug-likeness (QED) is 0.633. The molecule has 1 rings (SSSR count). The van der Waals surface area contributed by atoms with Crippen molar-refractivity contribution in [2.75, 3.05) is 12.3 Å². The summed E-state index contributed by atoms with van der Waals surface area (Å²) in [5.74, 6) is 0. The number of rotatable bonds is 6. The zero-order valence-corrected chi connectivity index (χ0v) is 11.1. The molecule has 90 valence electrons. The van der Waals surface area contributed by atoms with Crippen LogP contribution in [0.5, 0.6) is 0 Å². The van der Waals surface area contributed by atoms with Crippen LogP contribution in [0.2, 0.25) is 0 Å². The zero-order valence-electron chi connectivity index (χ0n) is 10.2. The van der Waals surface area contributed by atoms with Crippen molar-refractivity contribution < 1.29 is 9.09 Å². The standard InChI is InChI=1S/C12H25O2P/c1-3-10-15(13,11-4-2)14-12-8-6-5-7-9-12/h12H,3-11H2,1-2H3. The minimum absolute atomic E-state index is 0.294. The van der Waals surface area contributed by atoms with Crippen LogP contribution in [0.1, 0.15) is 58.8 Å². The third kappa shape index (κ3) is 4.70. The largest absolute Gasteiger partial charge is 0.325 e. The molecule has 0 unspecified atom stereocenters. The topological polar surface area (TPSA) is 26.3 Å². The van der Waals surface area contributed by atoms with E-state index < -0.39 is 7.37 Å². The Morgan fingerprint density at radius 1 is 1.07 bits per heavy atom. The van der Waals surface area contributed by atoms with Crippen LogP contribution in [0, 0.1) is 0 Å². The molecule has 0 atom stereocenters. The molecule has 1 fully saturated rings. The Morgan fingerprint density at radius 3 is 2.07 bits per heavy atom. The van der Waals surface area contributed by atoms with Gasteiger partial charge in [-0.3, -0.25) is 4.57 Å². The average Bonchev–Trinajstić information content (AvgIpc) is 2.19. The predicted molar refractivity (Wildman–Crippen MR) is 65.9 cm³/mol. The van der Waals surface area contributed by atoms with E-state index in [-0.39, 0.29) is 0 Å². The number of hydrogen-bond acceptors (Lipinski definition) is 2. The van der Waals surface area contributed by atoms with E-state index in [1.54, 1.807) is 0 Å². The SMILES string of the molecule is CCCP(=O)(CCC)OC1CCCCC1. The van der Waals surface area contributed by atoms with Gasteiger partial charge in [-0.1, -0.05) is 33.1 Å². The van der Waals surface area contributed by atoms with Gasteiger partial charge < -0.3 is 4.52 Å². The van der Waals surface area contributed by atoms with Crippen molar-refractivity contribution in [1.29, 1.82) is 0 Å². The molecule has 15 heavy (non-hydrogen) atoms. The van der Waals surface area contributed by atoms with E-state index in [0.29, 0.717) is 6.10 Å². The smallest absolute Gasteiger partial charge is 0.203 e. The Hall–Kier alpha value is 0.190. The lowest BCUT2D eigenvalue weighted by Crippen LogP contribution is -2.17. The summed E-state index contributed by atoms with van der Waals surface area (Å²) < 4.78 is 18.4. The molecule has 0 spiro atoms. The minimum Gasteiger partial charge on any atom is -0.325 e. The van der Waals surface area contributed by atoms with Gasteiger partial charge in [0.1, 0.15) is 0 Å². The predicted octanol–water partition coefficient (Wildman–Crippen LogP) is 4.43. The first-order valence-electron chi connectivity index (χ1n) is 6.46. The molecule has 0 aromatic carbocycles. The van der Waals surface area contributed by atoms with Crippen LogP contribution >= 0.6 is 7.37 Å². The number of hydrogen-bond donors (Lipinski definition) is 0. The second kappa shape index (κ2) is 6.70. The summed E-state index contributed by atoms with van der Waals surface area (Å²) in [6.07, 6.45) is 9.87. The van der Waals surface area contributed by atoms with Gasteiger partial charge in [0.25, 0.3) is 0 Å². The lowest BCUT2D eigenvalue weighted by atomic mass is 9.98. The molecule has 0 aliphatic heterocycles. The Kier molecular flexibility index (Phi) is 5.92. The van der Waals surface area contributed by atoms with Gasteiger partial charge in [-0.2, -0.15) is 0 Å². The van der Waals surface area contributed by atoms with Crippen molar-refractivity contribution in [1.82, 2.24) is 0 Å². The van der Waals surface area contributed by atoms with Crippen LogP contribution in [0.4, 0.5) is 0 Å². The van der Waals surface area contributed by atoms with E-state index in [9.17, 15) is 4.57 Å². The lowest BCUT2D eigenvalue weighted by Gasteiger charge is -2.27. The first-order chi connectivity index (χ1) is 7.20. The molecule has 0 heterocycles. The van der Waals surface area contributed by atoms with Crippen LogP contribution in [0.25, 0.3) is 0 Å². The van der Waals surface area contributed by atoms with E-state index in [1.165, 1.54) is 19.3 Å². The highest BCUT2D eigenvalue weighted by Gasteiger charge is 2.26. The average molecular weight is 232 g/mol. The van der Waals surface area contributed by atoms with Gasteiger partial charge in [0.15, 0.2) is 0 Å². The highest BCUT2D eigenvalue weighted by atomic mass is 31.2. The molecule has 0 saturated heterocycles. The lowest BCUT2D eigenvalue weighted by molar-refractivity contribution is 0.157. The maximum absolute atomic E-state index is 12.5. The third-order valence-electron chi connectivity index (χ3n) is 3.02. The summed E-state index contributed by atoms with van der Waals surface area (Å²) in [6.45, 7) is 4.18. The van der Waals surface area contributed by atoms with Crippen molar-refractivity contribution >= 4 is 7.37 Å². The van der Waals surface area contributed by atoms with E-state index in [0.717, 1.165) is 38.0 Å². The Morgan fingerprint density at radius 2 is 1.60 bits per heavy atom. The van der Waals surface area contributed by atoms with E-state index in [1.807, 2.05) is 0 Å². The second-order valence-corrected chi connectivity index (χ2v) is 7.36. The molecule has 0 aromatic heterocycles. The molecule has 2 nitrogen and oxygen atoms in total. The fourth-order valence-corrected chi connectivity index (χ4v) is 4.89. The minimum atomic E-state index is -2.29. The van der Waals surface area contributed by atoms with Crippen LogP contribution in [-0.4, -0.2) is 18.4 Å². The molecule has 0 radical (unpaired) electrons. The van der Waals surface area contributed by atoms with Gasteiger partial charge in [-0.15, -0.1) is 0 Å². The molecule has 1 aliphatic rings. The summed E-state index contributed by atoms with van der Waals surface area (Å²) in [6, 6.07) is 0. The van der Waals surface area contributed by atoms with Crippen molar-refractivity contribution in [2.24, 2.45) is 0 Å². The molecule has 3 heteroatoms. The molecule has 0 N–H and O–H groups in total. The maximum Gasteiger partial charge on any atom is 0.203 e. The highest BCUT2D eigenvalue weighted by Crippen LogP contribution is 2.50. The van der Waals surface area contributed by atoms with Gasteiger partial charge >= 0.3 is 0 Å². The molecule has 0 amide bonds. The van der Waals surface area contributed by atoms with E-state index >= 15 is 0 Å². The van der Waals surface area contributed by atoms with Gasteiger partial charge in [-0.05, 0) is 25.7 Å². The highest BCUT2D eigenvalue weighted by molar-refractivity contribution is 7.58. The van der Waals surface area contributed by atoms with Crippen molar-refractivity contribution in [3.05, 3.63) is 0 Å². The van der Waals surface area contributed by atoms with E-state index in [4.69, 9.17) is 4.52 Å². The zero-order chi connectivity index (χ0) is 11.1. The summed E-state index contributed by atoms with van der Waals surface area (Å²) in [4.78, 5) is 0. The Labute approximate surface area is 94.2 Å². The third-order valence-corrected chi connectivity index (χ3v) is 5.96. The van der Waals surface area contributed by atoms with Crippen LogP contribution in [0.15, 0.2) is 0 Å². The van der Waals surface area contributed by atoms with Crippen molar-refractivity contribution in [2.45, 2.75) is 64.9 Å². The van der Waals surface area contributed by atoms with Gasteiger partial charge in [-0.25, -0.2) is 0 Å². The molecule has 0 bridgehead atoms. The molecule has 1 aliphatic carbocycles. The summed E-state index contributed by atoms with van der Waals surface area (Å²) >= 11 is 0. The Bertz CT molecular complexity index is 200. The monoisotopic (exact) mass is 232 g/mol. The fourth-order valence-electron chi connectivity index (χ4n) is 2.34. The second-order valence-electron chi connectivity index (χ2n) is 4.63. The summed E-state index contributed by atoms with van der Waals surface area (Å²) in [5.41, 5.74) is 0. The van der Waals surface area contributed by atoms with Gasteiger partial charge in [0.2, 0.25) is 7.37 Å². The van der Waals surface area contributed by atoms with E-state index in [2.05, 4.69) is 13.8 Å². The summed E-state index contributed by atoms with van der Waals surface area (Å²) in [7, 11) is -2.29. The normalized spacial score (nSPS) is 19.3. The van der Waals surface area contributed by atoms with Crippen molar-refractivity contribution in [3.8, 4) is 0 Å². The first kappa shape index (κ1) is 13.3. The molecule has 0 aromatic rings. The van der Waals surface area contributed by atoms with Crippen LogP contribution < -0.4 is 0 Å². The Balaban J connectivity index is 2.45. The first-order valence-corrected chi connectivity index (χ1v) is 8.46. The summed E-state index contributed by atoms with van der Waals surface area (Å²) in [5, 5.41) is 0. The molecule has 1 saturated carbocycles. The van der Waals surface area contributed by atoms with Crippen LogP contribution in [-0.2, 0) is 9.09 Å². The van der Waals surface area contributed by atoms with Crippen molar-refractivity contribution in [3.63, 3.8) is 0 Å².